The molecule has 0 saturated carbocycles. The van der Waals surface area contributed by atoms with Gasteiger partial charge in [-0.15, -0.1) is 0 Å². The Kier molecular flexibility index (Phi) is 13.0. The monoisotopic (exact) mass is 600 g/mol. The molecule has 234 valence electrons. The van der Waals surface area contributed by atoms with Gasteiger partial charge in [-0.05, 0) is 62.3 Å². The predicted octanol–water partition coefficient (Wildman–Crippen LogP) is 3.19. The van der Waals surface area contributed by atoms with Crippen molar-refractivity contribution in [1.29, 1.82) is 0 Å². The molecule has 0 radical (unpaired) electrons. The summed E-state index contributed by atoms with van der Waals surface area (Å²) in [6, 6.07) is 5.06. The van der Waals surface area contributed by atoms with E-state index in [1.54, 1.807) is 36.7 Å². The highest BCUT2D eigenvalue weighted by Gasteiger charge is 2.32. The fraction of sp³-hybridized carbons (Fsp3) is 0.333. The van der Waals surface area contributed by atoms with Gasteiger partial charge in [0.05, 0.1) is 47.5 Å². The summed E-state index contributed by atoms with van der Waals surface area (Å²) in [4.78, 5) is 11.9. The number of hydrogen-bond donors (Lipinski definition) is 6. The molecule has 2 aromatic heterocycles. The number of nitrogens with two attached hydrogens (primary N) is 2. The van der Waals surface area contributed by atoms with Crippen molar-refractivity contribution >= 4 is 17.1 Å². The van der Waals surface area contributed by atoms with Crippen molar-refractivity contribution in [2.45, 2.75) is 33.0 Å². The Morgan fingerprint density at radius 2 is 1.84 bits per heavy atom. The number of rotatable bonds is 11. The normalized spacial score (nSPS) is 15.8. The molecule has 8 N–H and O–H groups in total. The lowest BCUT2D eigenvalue weighted by atomic mass is 10.1. The molecule has 3 rings (SSSR count). The minimum atomic E-state index is -2.85. The first-order valence-electron chi connectivity index (χ1n) is 13.4. The van der Waals surface area contributed by atoms with Gasteiger partial charge in [-0.25, -0.2) is 15.1 Å². The Balaban J connectivity index is 0.00000316. The summed E-state index contributed by atoms with van der Waals surface area (Å²) >= 11 is 0. The zero-order chi connectivity index (χ0) is 32.3. The predicted molar refractivity (Wildman–Crippen MR) is 166 cm³/mol. The van der Waals surface area contributed by atoms with Crippen molar-refractivity contribution in [3.8, 4) is 0 Å². The van der Waals surface area contributed by atoms with Gasteiger partial charge in [0.15, 0.2) is 0 Å². The molecule has 0 aliphatic carbocycles. The highest BCUT2D eigenvalue weighted by Crippen LogP contribution is 2.25. The molecule has 11 nitrogen and oxygen atoms in total. The van der Waals surface area contributed by atoms with Crippen molar-refractivity contribution in [3.63, 3.8) is 0 Å². The number of anilines is 2. The van der Waals surface area contributed by atoms with Gasteiger partial charge in [0.25, 0.3) is 0 Å². The number of hydrazine groups is 1. The SMILES string of the molecule is C=C\C(=C/C(=C\C)C(/N)=C/N(N)c1cc(NC(=C)c2cc(C(C)F)ccn2)cnc1C)N1CCN(C(O)(O)O)CC1.CF. The molecular formula is C30H42F2N8O3. The lowest BCUT2D eigenvalue weighted by Gasteiger charge is -2.39. The minimum Gasteiger partial charge on any atom is -0.397 e. The zero-order valence-corrected chi connectivity index (χ0v) is 25.0. The second-order valence-electron chi connectivity index (χ2n) is 9.61. The summed E-state index contributed by atoms with van der Waals surface area (Å²) in [7, 11) is 0.500. The lowest BCUT2D eigenvalue weighted by molar-refractivity contribution is -0.395. The Bertz CT molecular complexity index is 1350. The number of alkyl halides is 2. The number of hydrogen-bond acceptors (Lipinski definition) is 11. The third kappa shape index (κ3) is 9.70. The van der Waals surface area contributed by atoms with Gasteiger partial charge >= 0.3 is 6.10 Å². The molecule has 3 heterocycles. The Hall–Kier alpha value is -4.14. The summed E-state index contributed by atoms with van der Waals surface area (Å²) in [6.45, 7) is 14.4. The Labute approximate surface area is 251 Å². The van der Waals surface area contributed by atoms with E-state index in [4.69, 9.17) is 11.6 Å². The molecular weight excluding hydrogens is 558 g/mol. The van der Waals surface area contributed by atoms with Gasteiger partial charge in [0.1, 0.15) is 6.17 Å². The van der Waals surface area contributed by atoms with E-state index in [0.717, 1.165) is 10.6 Å². The molecule has 1 aliphatic rings. The lowest BCUT2D eigenvalue weighted by Crippen LogP contribution is -2.56. The van der Waals surface area contributed by atoms with Crippen molar-refractivity contribution < 1.29 is 24.1 Å². The van der Waals surface area contributed by atoms with Crippen LogP contribution in [-0.4, -0.2) is 74.5 Å². The molecule has 1 saturated heterocycles. The molecule has 13 heteroatoms. The fourth-order valence-corrected chi connectivity index (χ4v) is 4.28. The van der Waals surface area contributed by atoms with E-state index in [2.05, 4.69) is 28.4 Å². The van der Waals surface area contributed by atoms with Crippen molar-refractivity contribution in [3.05, 3.63) is 102 Å². The second-order valence-corrected chi connectivity index (χ2v) is 9.61. The Morgan fingerprint density at radius 3 is 2.40 bits per heavy atom. The first-order chi connectivity index (χ1) is 20.3. The number of aryl methyl sites for hydroxylation is 1. The average Bonchev–Trinajstić information content (AvgIpc) is 2.99. The maximum Gasteiger partial charge on any atom is 0.345 e. The van der Waals surface area contributed by atoms with E-state index in [9.17, 15) is 24.1 Å². The van der Waals surface area contributed by atoms with Crippen LogP contribution in [0.3, 0.4) is 0 Å². The van der Waals surface area contributed by atoms with Crippen LogP contribution in [0, 0.1) is 6.92 Å². The number of nitrogens with zero attached hydrogens (tertiary/aromatic N) is 5. The van der Waals surface area contributed by atoms with E-state index in [1.807, 2.05) is 30.9 Å². The molecule has 0 spiro atoms. The maximum absolute atomic E-state index is 13.8. The van der Waals surface area contributed by atoms with E-state index in [1.165, 1.54) is 18.1 Å². The third-order valence-electron chi connectivity index (χ3n) is 6.69. The number of aromatic nitrogens is 2. The Morgan fingerprint density at radius 1 is 1.19 bits per heavy atom. The van der Waals surface area contributed by atoms with Crippen LogP contribution in [0.5, 0.6) is 0 Å². The van der Waals surface area contributed by atoms with E-state index >= 15 is 0 Å². The molecule has 1 aliphatic heterocycles. The largest absolute Gasteiger partial charge is 0.397 e. The molecule has 1 fully saturated rings. The average molecular weight is 601 g/mol. The molecule has 2 aromatic rings. The maximum atomic E-state index is 13.8. The van der Waals surface area contributed by atoms with Crippen LogP contribution in [0.25, 0.3) is 5.70 Å². The van der Waals surface area contributed by atoms with Crippen LogP contribution in [0.2, 0.25) is 0 Å². The highest BCUT2D eigenvalue weighted by atomic mass is 19.1. The van der Waals surface area contributed by atoms with Gasteiger partial charge in [0, 0.05) is 44.3 Å². The van der Waals surface area contributed by atoms with Crippen LogP contribution < -0.4 is 21.9 Å². The van der Waals surface area contributed by atoms with Gasteiger partial charge in [-0.1, -0.05) is 19.2 Å². The zero-order valence-electron chi connectivity index (χ0n) is 25.0. The topological polar surface area (TPSA) is 160 Å². The first kappa shape index (κ1) is 35.1. The van der Waals surface area contributed by atoms with Gasteiger partial charge in [-0.2, -0.15) is 0 Å². The number of nitrogens with one attached hydrogen (secondary N) is 1. The minimum absolute atomic E-state index is 0.237. The number of halogens is 2. The van der Waals surface area contributed by atoms with Crippen molar-refractivity contribution in [2.75, 3.05) is 43.7 Å². The molecule has 1 atom stereocenters. The van der Waals surface area contributed by atoms with Gasteiger partial charge < -0.3 is 31.3 Å². The van der Waals surface area contributed by atoms with Crippen molar-refractivity contribution in [2.24, 2.45) is 11.6 Å². The summed E-state index contributed by atoms with van der Waals surface area (Å²) in [5.74, 6) is 6.39. The summed E-state index contributed by atoms with van der Waals surface area (Å²) in [5, 5.41) is 32.8. The number of allylic oxidation sites excluding steroid dienone is 3. The van der Waals surface area contributed by atoms with Crippen molar-refractivity contribution in [1.82, 2.24) is 19.8 Å². The van der Waals surface area contributed by atoms with Crippen LogP contribution in [0.1, 0.15) is 37.0 Å². The smallest absolute Gasteiger partial charge is 0.345 e. The second kappa shape index (κ2) is 15.9. The fourth-order valence-electron chi connectivity index (χ4n) is 4.28. The molecule has 0 bridgehead atoms. The quantitative estimate of drug-likeness (QED) is 0.0973. The van der Waals surface area contributed by atoms with Gasteiger partial charge in [-0.3, -0.25) is 19.4 Å². The number of piperazine rings is 1. The number of aliphatic hydroxyl groups is 3. The van der Waals surface area contributed by atoms with E-state index in [-0.39, 0.29) is 13.1 Å². The summed E-state index contributed by atoms with van der Waals surface area (Å²) in [6.07, 6.45) is 6.17. The molecule has 43 heavy (non-hydrogen) atoms. The molecule has 1 unspecified atom stereocenters. The molecule has 0 aromatic carbocycles. The van der Waals surface area contributed by atoms with E-state index < -0.39 is 12.3 Å². The summed E-state index contributed by atoms with van der Waals surface area (Å²) < 4.78 is 23.3. The highest BCUT2D eigenvalue weighted by molar-refractivity contribution is 5.75. The van der Waals surface area contributed by atoms with Crippen LogP contribution in [0.4, 0.5) is 20.2 Å². The summed E-state index contributed by atoms with van der Waals surface area (Å²) in [5.41, 5.74) is 11.6. The molecule has 0 amide bonds. The van der Waals surface area contributed by atoms with Gasteiger partial charge in [0.2, 0.25) is 0 Å². The van der Waals surface area contributed by atoms with Crippen LogP contribution in [-0.2, 0) is 0 Å². The number of pyridine rings is 2. The van der Waals surface area contributed by atoms with Crippen LogP contribution >= 0.6 is 0 Å². The van der Waals surface area contributed by atoms with Crippen LogP contribution in [0.15, 0.2) is 85.1 Å². The standard InChI is InChI=1S/C29H39FN8O3.CH3F/c1-6-22(14-25(7-2)36-10-12-37(13-11-36)29(39,40)41)26(31)18-38(32)28-16-24(17-34-21(28)5)35-20(4)27-15-23(19(3)30)8-9-33-27;1-2/h6-9,14-19,35,39-41H,2,4,10-13,31-32H2,1,3,5H3;1H3/b22-6+,25-14+,26-18-;. The van der Waals surface area contributed by atoms with E-state index in [0.29, 0.717) is 65.6 Å². The third-order valence-corrected chi connectivity index (χ3v) is 6.69. The first-order valence-corrected chi connectivity index (χ1v) is 13.4.